The maximum absolute atomic E-state index is 6.18. The normalized spacial score (nSPS) is 10.3. The average molecular weight is 358 g/mol. The minimum Gasteiger partial charge on any atom is -0.365 e. The fourth-order valence-corrected chi connectivity index (χ4v) is 2.87. The number of hydrogen-bond acceptors (Lipinski definition) is 2. The lowest BCUT2D eigenvalue weighted by Crippen LogP contribution is -2.03. The van der Waals surface area contributed by atoms with Crippen LogP contribution in [0.5, 0.6) is 0 Å². The van der Waals surface area contributed by atoms with Crippen molar-refractivity contribution in [1.82, 2.24) is 9.38 Å². The van der Waals surface area contributed by atoms with Gasteiger partial charge < -0.3 is 5.32 Å². The van der Waals surface area contributed by atoms with Crippen molar-refractivity contribution in [2.75, 3.05) is 5.32 Å². The summed E-state index contributed by atoms with van der Waals surface area (Å²) in [6.07, 6.45) is 1.85. The zero-order valence-corrected chi connectivity index (χ0v) is 14.7. The second-order valence-corrected chi connectivity index (χ2v) is 6.28. The van der Waals surface area contributed by atoms with Crippen molar-refractivity contribution < 1.29 is 0 Å². The predicted octanol–water partition coefficient (Wildman–Crippen LogP) is 5.00. The zero-order valence-electron chi connectivity index (χ0n) is 14.0. The maximum Gasteiger partial charge on any atom is 0.156 e. The smallest absolute Gasteiger partial charge is 0.156 e. The summed E-state index contributed by atoms with van der Waals surface area (Å²) in [7, 11) is 0. The molecule has 0 spiro atoms. The van der Waals surface area contributed by atoms with Crippen LogP contribution >= 0.6 is 11.6 Å². The molecule has 4 rings (SSSR count). The Hall–Kier alpha value is -3.22. The number of nitrogens with one attached hydrogen (secondary N) is 1. The number of nitrogens with zero attached hydrogens (tertiary/aromatic N) is 2. The molecule has 0 unspecified atom stereocenters. The summed E-state index contributed by atoms with van der Waals surface area (Å²) in [5.74, 6) is 7.21. The molecule has 2 aromatic heterocycles. The topological polar surface area (TPSA) is 29.3 Å². The molecule has 0 radical (unpaired) electrons. The summed E-state index contributed by atoms with van der Waals surface area (Å²) >= 11 is 6.18. The molecule has 0 bridgehead atoms. The van der Waals surface area contributed by atoms with E-state index in [0.29, 0.717) is 17.3 Å². The van der Waals surface area contributed by atoms with Crippen LogP contribution in [0.2, 0.25) is 5.02 Å². The van der Waals surface area contributed by atoms with Gasteiger partial charge in [0.25, 0.3) is 0 Å². The van der Waals surface area contributed by atoms with Crippen molar-refractivity contribution in [3.05, 3.63) is 101 Å². The van der Waals surface area contributed by atoms with Crippen molar-refractivity contribution >= 4 is 23.1 Å². The van der Waals surface area contributed by atoms with Gasteiger partial charge in [-0.1, -0.05) is 66.1 Å². The van der Waals surface area contributed by atoms with Crippen LogP contribution in [0.25, 0.3) is 5.65 Å². The van der Waals surface area contributed by atoms with E-state index in [-0.39, 0.29) is 0 Å². The van der Waals surface area contributed by atoms with Crippen molar-refractivity contribution in [3.63, 3.8) is 0 Å². The molecule has 0 saturated carbocycles. The number of anilines is 1. The lowest BCUT2D eigenvalue weighted by atomic mass is 10.2. The van der Waals surface area contributed by atoms with E-state index in [1.807, 2.05) is 71.3 Å². The highest BCUT2D eigenvalue weighted by molar-refractivity contribution is 6.30. The number of rotatable bonds is 3. The molecule has 1 N–H and O–H groups in total. The first kappa shape index (κ1) is 16.3. The van der Waals surface area contributed by atoms with Crippen LogP contribution in [0.1, 0.15) is 16.8 Å². The summed E-state index contributed by atoms with van der Waals surface area (Å²) in [6.45, 7) is 0.682. The summed E-state index contributed by atoms with van der Waals surface area (Å²) in [5, 5.41) is 4.11. The highest BCUT2D eigenvalue weighted by Gasteiger charge is 2.10. The van der Waals surface area contributed by atoms with Gasteiger partial charge in [0.1, 0.15) is 11.5 Å². The molecule has 0 saturated heterocycles. The molecule has 26 heavy (non-hydrogen) atoms. The van der Waals surface area contributed by atoms with Crippen molar-refractivity contribution in [2.24, 2.45) is 0 Å². The molecule has 0 amide bonds. The van der Waals surface area contributed by atoms with Gasteiger partial charge in [-0.05, 0) is 35.7 Å². The Kier molecular flexibility index (Phi) is 4.59. The van der Waals surface area contributed by atoms with Gasteiger partial charge in [-0.15, -0.1) is 0 Å². The van der Waals surface area contributed by atoms with Crippen LogP contribution in [0.3, 0.4) is 0 Å². The molecule has 0 aliphatic carbocycles. The van der Waals surface area contributed by atoms with Gasteiger partial charge in [-0.3, -0.25) is 4.40 Å². The molecule has 0 aliphatic rings. The molecule has 4 aromatic rings. The van der Waals surface area contributed by atoms with E-state index in [1.54, 1.807) is 0 Å². The Morgan fingerprint density at radius 2 is 1.62 bits per heavy atom. The number of benzene rings is 2. The molecule has 4 heteroatoms. The van der Waals surface area contributed by atoms with E-state index in [9.17, 15) is 0 Å². The fourth-order valence-electron chi connectivity index (χ4n) is 2.71. The minimum absolute atomic E-state index is 0.653. The zero-order chi connectivity index (χ0) is 17.8. The van der Waals surface area contributed by atoms with E-state index in [2.05, 4.69) is 34.3 Å². The Morgan fingerprint density at radius 1 is 0.885 bits per heavy atom. The number of pyridine rings is 1. The monoisotopic (exact) mass is 357 g/mol. The third-order valence-corrected chi connectivity index (χ3v) is 4.21. The average Bonchev–Trinajstić information content (AvgIpc) is 3.03. The number of halogens is 1. The summed E-state index contributed by atoms with van der Waals surface area (Å²) < 4.78 is 1.94. The van der Waals surface area contributed by atoms with Crippen molar-refractivity contribution in [3.8, 4) is 11.8 Å². The quantitative estimate of drug-likeness (QED) is 0.523. The van der Waals surface area contributed by atoms with Crippen LogP contribution in [-0.4, -0.2) is 9.38 Å². The fraction of sp³-hybridized carbons (Fsp3) is 0.0455. The standard InChI is InChI=1S/C22H16ClN3/c23-19-12-14-21-25-20(13-11-17-7-3-1-4-8-17)22(26(21)16-19)24-15-18-9-5-2-6-10-18/h1-10,12,14,16,24H,15H2. The van der Waals surface area contributed by atoms with E-state index in [0.717, 1.165) is 17.0 Å². The largest absolute Gasteiger partial charge is 0.365 e. The van der Waals surface area contributed by atoms with Crippen molar-refractivity contribution in [2.45, 2.75) is 6.54 Å². The maximum atomic E-state index is 6.18. The predicted molar refractivity (Wildman–Crippen MR) is 106 cm³/mol. The molecule has 0 atom stereocenters. The van der Waals surface area contributed by atoms with Gasteiger partial charge in [0.05, 0.1) is 5.02 Å². The van der Waals surface area contributed by atoms with Crippen LogP contribution in [0.15, 0.2) is 79.0 Å². The summed E-state index contributed by atoms with van der Waals surface area (Å²) in [4.78, 5) is 4.65. The van der Waals surface area contributed by atoms with Gasteiger partial charge in [0, 0.05) is 18.3 Å². The molecule has 0 aliphatic heterocycles. The van der Waals surface area contributed by atoms with Crippen LogP contribution < -0.4 is 5.32 Å². The second-order valence-electron chi connectivity index (χ2n) is 5.84. The molecule has 0 fully saturated rings. The van der Waals surface area contributed by atoms with E-state index in [4.69, 9.17) is 11.6 Å². The minimum atomic E-state index is 0.653. The third kappa shape index (κ3) is 3.56. The Bertz CT molecular complexity index is 1090. The number of hydrogen-bond donors (Lipinski definition) is 1. The second kappa shape index (κ2) is 7.35. The molecule has 3 nitrogen and oxygen atoms in total. The number of imidazole rings is 1. The first-order valence-electron chi connectivity index (χ1n) is 8.32. The first-order chi connectivity index (χ1) is 12.8. The van der Waals surface area contributed by atoms with Crippen LogP contribution in [-0.2, 0) is 6.54 Å². The SMILES string of the molecule is Clc1ccc2nc(C#Cc3ccccc3)c(NCc3ccccc3)n2c1. The van der Waals surface area contributed by atoms with Gasteiger partial charge >= 0.3 is 0 Å². The lowest BCUT2D eigenvalue weighted by Gasteiger charge is -2.07. The highest BCUT2D eigenvalue weighted by Crippen LogP contribution is 2.21. The van der Waals surface area contributed by atoms with E-state index < -0.39 is 0 Å². The summed E-state index contributed by atoms with van der Waals surface area (Å²) in [5.41, 5.74) is 3.65. The number of aromatic nitrogens is 2. The summed E-state index contributed by atoms with van der Waals surface area (Å²) in [6, 6.07) is 23.8. The Balaban J connectivity index is 1.73. The Morgan fingerprint density at radius 3 is 2.38 bits per heavy atom. The van der Waals surface area contributed by atoms with Gasteiger partial charge in [-0.2, -0.15) is 0 Å². The van der Waals surface area contributed by atoms with Crippen LogP contribution in [0, 0.1) is 11.8 Å². The van der Waals surface area contributed by atoms with Gasteiger partial charge in [0.15, 0.2) is 5.69 Å². The number of fused-ring (bicyclic) bond motifs is 1. The van der Waals surface area contributed by atoms with Crippen molar-refractivity contribution in [1.29, 1.82) is 0 Å². The molecular formula is C22H16ClN3. The van der Waals surface area contributed by atoms with E-state index >= 15 is 0 Å². The molecule has 2 heterocycles. The first-order valence-corrected chi connectivity index (χ1v) is 8.70. The molecule has 126 valence electrons. The Labute approximate surface area is 157 Å². The van der Waals surface area contributed by atoms with Gasteiger partial charge in [0.2, 0.25) is 0 Å². The third-order valence-electron chi connectivity index (χ3n) is 3.98. The molecular weight excluding hydrogens is 342 g/mol. The highest BCUT2D eigenvalue weighted by atomic mass is 35.5. The van der Waals surface area contributed by atoms with Gasteiger partial charge in [-0.25, -0.2) is 4.98 Å². The van der Waals surface area contributed by atoms with Crippen LogP contribution in [0.4, 0.5) is 5.82 Å². The molecule has 2 aromatic carbocycles. The van der Waals surface area contributed by atoms with E-state index in [1.165, 1.54) is 5.56 Å². The lowest BCUT2D eigenvalue weighted by molar-refractivity contribution is 1.08.